The van der Waals surface area contributed by atoms with Crippen LogP contribution in [0, 0.1) is 10.8 Å². The second-order valence-electron chi connectivity index (χ2n) is 5.74. The molecule has 0 spiro atoms. The van der Waals surface area contributed by atoms with E-state index in [4.69, 9.17) is 20.4 Å². The van der Waals surface area contributed by atoms with Crippen molar-refractivity contribution in [3.8, 4) is 0 Å². The molecule has 0 bridgehead atoms. The summed E-state index contributed by atoms with van der Waals surface area (Å²) >= 11 is 0. The van der Waals surface area contributed by atoms with Gasteiger partial charge >= 0.3 is 48.9 Å². The number of rotatable bonds is 6. The molecule has 0 radical (unpaired) electrons. The van der Waals surface area contributed by atoms with Crippen LogP contribution in [0.25, 0.3) is 0 Å². The van der Waals surface area contributed by atoms with Gasteiger partial charge in [0.1, 0.15) is 12.2 Å². The van der Waals surface area contributed by atoms with E-state index in [1.165, 1.54) is 27.7 Å². The Hall–Kier alpha value is 0.351. The van der Waals surface area contributed by atoms with Crippen LogP contribution in [-0.2, 0) is 9.59 Å². The van der Waals surface area contributed by atoms with Crippen LogP contribution >= 0.6 is 0 Å². The molecule has 2 unspecified atom stereocenters. The van der Waals surface area contributed by atoms with E-state index >= 15 is 0 Å². The zero-order valence-corrected chi connectivity index (χ0v) is 17.1. The van der Waals surface area contributed by atoms with Crippen LogP contribution < -0.4 is 10.2 Å². The molecule has 0 aliphatic heterocycles. The molecule has 0 amide bonds. The van der Waals surface area contributed by atoms with Gasteiger partial charge in [0, 0.05) is 10.8 Å². The van der Waals surface area contributed by atoms with Gasteiger partial charge in [0.2, 0.25) is 0 Å². The van der Waals surface area contributed by atoms with Gasteiger partial charge < -0.3 is 40.2 Å². The molecule has 0 aliphatic rings. The Labute approximate surface area is 163 Å². The van der Waals surface area contributed by atoms with Crippen molar-refractivity contribution in [2.45, 2.75) is 39.9 Å². The fourth-order valence-corrected chi connectivity index (χ4v) is 0.811. The molecule has 0 heterocycles. The molecule has 0 saturated heterocycles. The van der Waals surface area contributed by atoms with Crippen LogP contribution in [0.4, 0.5) is 0 Å². The molecule has 9 heteroatoms. The number of aliphatic hydroxyl groups excluding tert-OH is 4. The molecule has 0 saturated carbocycles. The van der Waals surface area contributed by atoms with Crippen LogP contribution in [0.1, 0.15) is 27.7 Å². The first-order valence-corrected chi connectivity index (χ1v) is 5.83. The molecule has 120 valence electrons. The third-order valence-corrected chi connectivity index (χ3v) is 2.74. The van der Waals surface area contributed by atoms with Gasteiger partial charge in [0.25, 0.3) is 0 Å². The second kappa shape index (κ2) is 11.0. The maximum atomic E-state index is 10.0. The normalized spacial score (nSPS) is 14.1. The number of aliphatic hydroxyl groups is 4. The monoisotopic (exact) mass is 432 g/mol. The molecule has 0 aromatic rings. The van der Waals surface area contributed by atoms with E-state index in [1.807, 2.05) is 0 Å². The summed E-state index contributed by atoms with van der Waals surface area (Å²) in [6.45, 7) is 4.98. The van der Waals surface area contributed by atoms with Gasteiger partial charge in [-0.3, -0.25) is 0 Å². The number of carbonyl (C=O) groups excluding carboxylic acids is 2. The maximum absolute atomic E-state index is 10.0. The van der Waals surface area contributed by atoms with Crippen molar-refractivity contribution in [3.63, 3.8) is 0 Å². The molecule has 8 nitrogen and oxygen atoms in total. The predicted octanol–water partition coefficient (Wildman–Crippen LogP) is -4.15. The largest absolute Gasteiger partial charge is 2.00 e. The topological polar surface area (TPSA) is 161 Å². The van der Waals surface area contributed by atoms with Crippen molar-refractivity contribution in [1.29, 1.82) is 0 Å². The second-order valence-corrected chi connectivity index (χ2v) is 5.74. The number of carbonyl (C=O) groups is 2. The molecule has 0 rings (SSSR count). The summed E-state index contributed by atoms with van der Waals surface area (Å²) in [5, 5.41) is 54.9. The van der Waals surface area contributed by atoms with Gasteiger partial charge in [-0.05, 0) is 0 Å². The molecule has 0 aromatic heterocycles. The van der Waals surface area contributed by atoms with Gasteiger partial charge in [0.15, 0.2) is 0 Å². The van der Waals surface area contributed by atoms with Crippen molar-refractivity contribution >= 4 is 60.8 Å². The van der Waals surface area contributed by atoms with Crippen LogP contribution in [-0.4, -0.2) is 107 Å². The molecular weight excluding hydrogens is 409 g/mol. The zero-order valence-electron chi connectivity index (χ0n) is 12.7. The smallest absolute Gasteiger partial charge is 0.547 e. The summed E-state index contributed by atoms with van der Waals surface area (Å²) in [7, 11) is 0. The summed E-state index contributed by atoms with van der Waals surface area (Å²) in [6.07, 6.45) is -3.23. The van der Waals surface area contributed by atoms with Gasteiger partial charge in [0.05, 0.1) is 25.2 Å². The molecule has 0 fully saturated rings. The van der Waals surface area contributed by atoms with Crippen LogP contribution in [0.15, 0.2) is 0 Å². The molecule has 0 aromatic carbocycles. The van der Waals surface area contributed by atoms with E-state index in [-0.39, 0.29) is 62.1 Å². The third-order valence-electron chi connectivity index (χ3n) is 2.74. The number of hydrogen-bond donors (Lipinski definition) is 4. The summed E-state index contributed by atoms with van der Waals surface area (Å²) in [4.78, 5) is 20.1. The molecule has 21 heavy (non-hydrogen) atoms. The Balaban J connectivity index is -0.000000295. The Morgan fingerprint density at radius 1 is 0.857 bits per heavy atom. The number of carboxylic acids is 2. The first-order valence-electron chi connectivity index (χ1n) is 5.83. The summed E-state index contributed by atoms with van der Waals surface area (Å²) < 4.78 is 0. The minimum Gasteiger partial charge on any atom is -0.547 e. The molecule has 4 N–H and O–H groups in total. The van der Waals surface area contributed by atoms with E-state index in [2.05, 4.69) is 0 Å². The standard InChI is InChI=1S/2C6H12O4.Ba/c2*1-6(2,3-7)4(8)5(9)10;/h2*4,7-8H,3H2,1-2H3,(H,9,10);/q;;+2/p-2. The molecule has 0 aliphatic carbocycles. The number of aliphatic carboxylic acids is 2. The van der Waals surface area contributed by atoms with E-state index in [9.17, 15) is 19.8 Å². The number of carboxylic acid groups (broad SMARTS) is 2. The van der Waals surface area contributed by atoms with Crippen LogP contribution in [0.3, 0.4) is 0 Å². The summed E-state index contributed by atoms with van der Waals surface area (Å²) in [6, 6.07) is 0. The van der Waals surface area contributed by atoms with Crippen molar-refractivity contribution in [2.75, 3.05) is 13.2 Å². The van der Waals surface area contributed by atoms with E-state index < -0.39 is 35.0 Å². The minimum absolute atomic E-state index is 0. The fraction of sp³-hybridized carbons (Fsp3) is 0.833. The van der Waals surface area contributed by atoms with Crippen molar-refractivity contribution in [1.82, 2.24) is 0 Å². The fourth-order valence-electron chi connectivity index (χ4n) is 0.811. The zero-order chi connectivity index (χ0) is 16.7. The van der Waals surface area contributed by atoms with Gasteiger partial charge in [-0.15, -0.1) is 0 Å². The Kier molecular flexibility index (Phi) is 13.7. The quantitative estimate of drug-likeness (QED) is 0.308. The predicted molar refractivity (Wildman–Crippen MR) is 69.5 cm³/mol. The van der Waals surface area contributed by atoms with E-state index in [0.717, 1.165) is 0 Å². The Morgan fingerprint density at radius 2 is 1.05 bits per heavy atom. The Bertz CT molecular complexity index is 297. The first-order chi connectivity index (χ1) is 8.83. The third kappa shape index (κ3) is 9.87. The first kappa shape index (κ1) is 26.3. The average Bonchev–Trinajstić information content (AvgIpc) is 2.37. The number of hydrogen-bond acceptors (Lipinski definition) is 8. The van der Waals surface area contributed by atoms with Crippen molar-refractivity contribution in [3.05, 3.63) is 0 Å². The van der Waals surface area contributed by atoms with E-state index in [0.29, 0.717) is 0 Å². The molecule has 2 atom stereocenters. The van der Waals surface area contributed by atoms with Crippen LogP contribution in [0.5, 0.6) is 0 Å². The maximum Gasteiger partial charge on any atom is 2.00 e. The van der Waals surface area contributed by atoms with Gasteiger partial charge in [-0.25, -0.2) is 0 Å². The van der Waals surface area contributed by atoms with E-state index in [1.54, 1.807) is 0 Å². The average molecular weight is 432 g/mol. The SMILES string of the molecule is CC(C)(CO)C(O)C(=O)[O-].CC(C)(CO)C(O)C(=O)[O-].[Ba+2]. The van der Waals surface area contributed by atoms with Crippen molar-refractivity contribution < 1.29 is 40.2 Å². The molecular formula is C12H22BaO8. The summed E-state index contributed by atoms with van der Waals surface area (Å²) in [5.74, 6) is -3.11. The van der Waals surface area contributed by atoms with Gasteiger partial charge in [-0.2, -0.15) is 0 Å². The minimum atomic E-state index is -1.61. The Morgan fingerprint density at radius 3 is 1.10 bits per heavy atom. The van der Waals surface area contributed by atoms with Gasteiger partial charge in [-0.1, -0.05) is 27.7 Å². The van der Waals surface area contributed by atoms with Crippen LogP contribution in [0.2, 0.25) is 0 Å². The summed E-state index contributed by atoms with van der Waals surface area (Å²) in [5.41, 5.74) is -2.06. The van der Waals surface area contributed by atoms with Crippen molar-refractivity contribution in [2.24, 2.45) is 10.8 Å².